The van der Waals surface area contributed by atoms with Gasteiger partial charge in [0.25, 0.3) is 5.91 Å². The summed E-state index contributed by atoms with van der Waals surface area (Å²) in [5.41, 5.74) is 3.47. The molecule has 1 aliphatic heterocycles. The first-order valence-corrected chi connectivity index (χ1v) is 8.75. The van der Waals surface area contributed by atoms with Crippen molar-refractivity contribution in [2.75, 3.05) is 13.2 Å². The van der Waals surface area contributed by atoms with Gasteiger partial charge in [-0.1, -0.05) is 56.3 Å². The normalized spacial score (nSPS) is 13.7. The van der Waals surface area contributed by atoms with E-state index in [4.69, 9.17) is 4.74 Å². The average Bonchev–Trinajstić information content (AvgIpc) is 3.17. The Morgan fingerprint density at radius 3 is 2.42 bits per heavy atom. The standard InChI is InChI=1S/C21H22N2O3/c1-15(2)16-8-10-18(11-9-16)21(25)26-14-20(24)23-13-12-19(22-23)17-6-4-3-5-7-17/h3-11,15H,12-14H2,1-2H3. The molecule has 0 saturated heterocycles. The quantitative estimate of drug-likeness (QED) is 0.774. The first-order chi connectivity index (χ1) is 12.5. The summed E-state index contributed by atoms with van der Waals surface area (Å²) in [5.74, 6) is -0.420. The molecule has 0 bridgehead atoms. The lowest BCUT2D eigenvalue weighted by atomic mass is 10.0. The molecule has 5 heteroatoms. The SMILES string of the molecule is CC(C)c1ccc(C(=O)OCC(=O)N2CCC(c3ccccc3)=N2)cc1. The van der Waals surface area contributed by atoms with Crippen LogP contribution >= 0.6 is 0 Å². The molecule has 1 heterocycles. The lowest BCUT2D eigenvalue weighted by molar-refractivity contribution is -0.134. The summed E-state index contributed by atoms with van der Waals surface area (Å²) in [6.07, 6.45) is 0.695. The van der Waals surface area contributed by atoms with Crippen molar-refractivity contribution in [3.63, 3.8) is 0 Å². The maximum absolute atomic E-state index is 12.2. The molecule has 5 nitrogen and oxygen atoms in total. The Hall–Kier alpha value is -2.95. The predicted molar refractivity (Wildman–Crippen MR) is 100 cm³/mol. The summed E-state index contributed by atoms with van der Waals surface area (Å²) in [6.45, 7) is 4.37. The first kappa shape index (κ1) is 17.9. The van der Waals surface area contributed by atoms with Crippen molar-refractivity contribution >= 4 is 17.6 Å². The molecule has 0 spiro atoms. The van der Waals surface area contributed by atoms with Gasteiger partial charge in [-0.25, -0.2) is 9.80 Å². The number of carbonyl (C=O) groups excluding carboxylic acids is 2. The van der Waals surface area contributed by atoms with E-state index in [1.807, 2.05) is 42.5 Å². The highest BCUT2D eigenvalue weighted by Crippen LogP contribution is 2.16. The number of carbonyl (C=O) groups is 2. The van der Waals surface area contributed by atoms with Crippen molar-refractivity contribution in [3.8, 4) is 0 Å². The van der Waals surface area contributed by atoms with Gasteiger partial charge in [0.1, 0.15) is 0 Å². The Morgan fingerprint density at radius 2 is 1.77 bits per heavy atom. The minimum absolute atomic E-state index is 0.309. The van der Waals surface area contributed by atoms with Gasteiger partial charge in [0.05, 0.1) is 17.8 Å². The third kappa shape index (κ3) is 4.17. The second kappa shape index (κ2) is 7.95. The minimum atomic E-state index is -0.500. The zero-order valence-electron chi connectivity index (χ0n) is 15.0. The van der Waals surface area contributed by atoms with Crippen molar-refractivity contribution in [1.29, 1.82) is 0 Å². The number of hydrazone groups is 1. The third-order valence-electron chi connectivity index (χ3n) is 4.34. The zero-order valence-corrected chi connectivity index (χ0v) is 15.0. The average molecular weight is 350 g/mol. The second-order valence-corrected chi connectivity index (χ2v) is 6.53. The highest BCUT2D eigenvalue weighted by molar-refractivity contribution is 6.02. The van der Waals surface area contributed by atoms with Gasteiger partial charge in [-0.15, -0.1) is 0 Å². The molecule has 0 aromatic heterocycles. The summed E-state index contributed by atoms with van der Waals surface area (Å²) >= 11 is 0. The van der Waals surface area contributed by atoms with E-state index in [0.29, 0.717) is 24.4 Å². The van der Waals surface area contributed by atoms with E-state index >= 15 is 0 Å². The molecule has 0 atom stereocenters. The zero-order chi connectivity index (χ0) is 18.5. The van der Waals surface area contributed by atoms with Crippen LogP contribution < -0.4 is 0 Å². The lowest BCUT2D eigenvalue weighted by Crippen LogP contribution is -2.28. The highest BCUT2D eigenvalue weighted by atomic mass is 16.5. The summed E-state index contributed by atoms with van der Waals surface area (Å²) in [7, 11) is 0. The topological polar surface area (TPSA) is 59.0 Å². The molecule has 0 saturated carbocycles. The number of hydrogen-bond donors (Lipinski definition) is 0. The van der Waals surface area contributed by atoms with Crippen LogP contribution in [0.3, 0.4) is 0 Å². The van der Waals surface area contributed by atoms with Crippen LogP contribution in [0.1, 0.15) is 47.7 Å². The molecule has 1 amide bonds. The summed E-state index contributed by atoms with van der Waals surface area (Å²) in [5, 5.41) is 5.72. The number of benzene rings is 2. The van der Waals surface area contributed by atoms with Gasteiger partial charge in [0.2, 0.25) is 0 Å². The molecule has 1 aliphatic rings. The van der Waals surface area contributed by atoms with Gasteiger partial charge < -0.3 is 4.74 Å². The van der Waals surface area contributed by atoms with Gasteiger partial charge in [-0.3, -0.25) is 4.79 Å². The van der Waals surface area contributed by atoms with E-state index in [-0.39, 0.29) is 12.5 Å². The van der Waals surface area contributed by atoms with Crippen LogP contribution in [0.5, 0.6) is 0 Å². The van der Waals surface area contributed by atoms with E-state index in [1.54, 1.807) is 12.1 Å². The van der Waals surface area contributed by atoms with Crippen molar-refractivity contribution in [2.24, 2.45) is 5.10 Å². The van der Waals surface area contributed by atoms with Crippen LogP contribution in [0.2, 0.25) is 0 Å². The number of esters is 1. The van der Waals surface area contributed by atoms with Crippen LogP contribution in [0.15, 0.2) is 59.7 Å². The monoisotopic (exact) mass is 350 g/mol. The van der Waals surface area contributed by atoms with Crippen LogP contribution in [0.4, 0.5) is 0 Å². The molecule has 0 fully saturated rings. The summed E-state index contributed by atoms with van der Waals surface area (Å²) in [4.78, 5) is 24.3. The van der Waals surface area contributed by atoms with E-state index in [2.05, 4.69) is 18.9 Å². The number of hydrogen-bond acceptors (Lipinski definition) is 4. The van der Waals surface area contributed by atoms with Gasteiger partial charge in [-0.2, -0.15) is 5.10 Å². The Balaban J connectivity index is 1.55. The van der Waals surface area contributed by atoms with E-state index in [9.17, 15) is 9.59 Å². The fourth-order valence-electron chi connectivity index (χ4n) is 2.76. The van der Waals surface area contributed by atoms with Crippen molar-refractivity contribution in [3.05, 3.63) is 71.3 Å². The number of amides is 1. The third-order valence-corrected chi connectivity index (χ3v) is 4.34. The van der Waals surface area contributed by atoms with Gasteiger partial charge in [-0.05, 0) is 29.2 Å². The van der Waals surface area contributed by atoms with Crippen LogP contribution in [0, 0.1) is 0 Å². The Bertz CT molecular complexity index is 811. The number of rotatable bonds is 5. The van der Waals surface area contributed by atoms with E-state index < -0.39 is 5.97 Å². The Kier molecular flexibility index (Phi) is 5.46. The molecule has 2 aromatic rings. The van der Waals surface area contributed by atoms with Gasteiger partial charge in [0, 0.05) is 6.42 Å². The predicted octanol–water partition coefficient (Wildman–Crippen LogP) is 3.60. The molecule has 3 rings (SSSR count). The molecular weight excluding hydrogens is 328 g/mol. The van der Waals surface area contributed by atoms with E-state index in [0.717, 1.165) is 16.8 Å². The molecule has 0 aliphatic carbocycles. The maximum Gasteiger partial charge on any atom is 0.338 e. The largest absolute Gasteiger partial charge is 0.452 e. The van der Waals surface area contributed by atoms with Crippen molar-refractivity contribution in [1.82, 2.24) is 5.01 Å². The van der Waals surface area contributed by atoms with Crippen LogP contribution in [0.25, 0.3) is 0 Å². The Morgan fingerprint density at radius 1 is 1.08 bits per heavy atom. The second-order valence-electron chi connectivity index (χ2n) is 6.53. The molecule has 0 N–H and O–H groups in total. The highest BCUT2D eigenvalue weighted by Gasteiger charge is 2.22. The maximum atomic E-state index is 12.2. The number of ether oxygens (including phenoxy) is 1. The molecule has 0 unspecified atom stereocenters. The summed E-state index contributed by atoms with van der Waals surface area (Å²) < 4.78 is 5.14. The fraction of sp³-hybridized carbons (Fsp3) is 0.286. The van der Waals surface area contributed by atoms with E-state index in [1.165, 1.54) is 5.01 Å². The van der Waals surface area contributed by atoms with Crippen molar-refractivity contribution in [2.45, 2.75) is 26.2 Å². The molecular formula is C21H22N2O3. The number of nitrogens with zero attached hydrogens (tertiary/aromatic N) is 2. The molecule has 26 heavy (non-hydrogen) atoms. The molecule has 134 valence electrons. The Labute approximate surface area is 153 Å². The first-order valence-electron chi connectivity index (χ1n) is 8.75. The fourth-order valence-corrected chi connectivity index (χ4v) is 2.76. The molecule has 2 aromatic carbocycles. The smallest absolute Gasteiger partial charge is 0.338 e. The van der Waals surface area contributed by atoms with Gasteiger partial charge in [0.15, 0.2) is 6.61 Å². The van der Waals surface area contributed by atoms with Crippen molar-refractivity contribution < 1.29 is 14.3 Å². The van der Waals surface area contributed by atoms with Gasteiger partial charge >= 0.3 is 5.97 Å². The van der Waals surface area contributed by atoms with Crippen LogP contribution in [-0.4, -0.2) is 35.7 Å². The minimum Gasteiger partial charge on any atom is -0.452 e. The lowest BCUT2D eigenvalue weighted by Gasteiger charge is -2.12. The summed E-state index contributed by atoms with van der Waals surface area (Å²) in [6, 6.07) is 17.0. The van der Waals surface area contributed by atoms with Crippen LogP contribution in [-0.2, 0) is 9.53 Å². The molecule has 0 radical (unpaired) electrons.